The topological polar surface area (TPSA) is 59.8 Å². The minimum Gasteiger partial charge on any atom is -0.323 e. The molecule has 0 aliphatic rings. The molecule has 144 valence electrons. The zero-order valence-electron chi connectivity index (χ0n) is 16.1. The van der Waals surface area contributed by atoms with Gasteiger partial charge in [-0.25, -0.2) is 0 Å². The van der Waals surface area contributed by atoms with Crippen LogP contribution in [-0.2, 0) is 11.8 Å². The summed E-state index contributed by atoms with van der Waals surface area (Å²) in [6, 6.07) is 17.4. The van der Waals surface area contributed by atoms with Crippen LogP contribution in [0.2, 0.25) is 0 Å². The highest BCUT2D eigenvalue weighted by Crippen LogP contribution is 2.24. The number of hydrogen-bond acceptors (Lipinski definition) is 4. The maximum absolute atomic E-state index is 12.1. The summed E-state index contributed by atoms with van der Waals surface area (Å²) >= 11 is 1.73. The lowest BCUT2D eigenvalue weighted by Gasteiger charge is -2.06. The first kappa shape index (κ1) is 19.9. The number of aromatic nitrogens is 3. The SMILES string of the molecule is CCCCSc1nnc(-c2ccc(NC(=O)/C=C/c3ccccc3)cc2)n1C. The van der Waals surface area contributed by atoms with Gasteiger partial charge in [0, 0.05) is 30.1 Å². The second-order valence-corrected chi connectivity index (χ2v) is 7.44. The molecule has 1 amide bonds. The van der Waals surface area contributed by atoms with Crippen molar-refractivity contribution in [3.05, 3.63) is 66.2 Å². The minimum absolute atomic E-state index is 0.162. The zero-order valence-corrected chi connectivity index (χ0v) is 16.9. The number of carbonyl (C=O) groups excluding carboxylic acids is 1. The predicted molar refractivity (Wildman–Crippen MR) is 116 cm³/mol. The van der Waals surface area contributed by atoms with Gasteiger partial charge in [-0.1, -0.05) is 55.4 Å². The third-order valence-corrected chi connectivity index (χ3v) is 5.31. The Morgan fingerprint density at radius 3 is 2.57 bits per heavy atom. The molecule has 1 N–H and O–H groups in total. The van der Waals surface area contributed by atoms with Crippen LogP contribution >= 0.6 is 11.8 Å². The molecule has 3 aromatic rings. The van der Waals surface area contributed by atoms with Gasteiger partial charge in [-0.2, -0.15) is 0 Å². The maximum atomic E-state index is 12.1. The van der Waals surface area contributed by atoms with E-state index in [-0.39, 0.29) is 5.91 Å². The molecule has 28 heavy (non-hydrogen) atoms. The lowest BCUT2D eigenvalue weighted by atomic mass is 10.2. The van der Waals surface area contributed by atoms with Crippen LogP contribution in [0.15, 0.2) is 65.8 Å². The van der Waals surface area contributed by atoms with E-state index in [1.54, 1.807) is 17.8 Å². The van der Waals surface area contributed by atoms with Gasteiger partial charge in [-0.05, 0) is 42.3 Å². The molecule has 0 fully saturated rings. The standard InChI is InChI=1S/C22H24N4OS/c1-3-4-16-28-22-25-24-21(26(22)2)18-11-13-19(14-12-18)23-20(27)15-10-17-8-6-5-7-9-17/h5-15H,3-4,16H2,1-2H3,(H,23,27)/b15-10+. The van der Waals surface area contributed by atoms with Crippen molar-refractivity contribution in [2.75, 3.05) is 11.1 Å². The highest BCUT2D eigenvalue weighted by atomic mass is 32.2. The van der Waals surface area contributed by atoms with Crippen molar-refractivity contribution in [1.29, 1.82) is 0 Å². The van der Waals surface area contributed by atoms with Gasteiger partial charge >= 0.3 is 0 Å². The van der Waals surface area contributed by atoms with Gasteiger partial charge in [-0.15, -0.1) is 10.2 Å². The largest absolute Gasteiger partial charge is 0.323 e. The predicted octanol–water partition coefficient (Wildman–Crippen LogP) is 5.03. The average molecular weight is 393 g/mol. The first-order valence-corrected chi connectivity index (χ1v) is 10.3. The molecule has 0 spiro atoms. The summed E-state index contributed by atoms with van der Waals surface area (Å²) in [6.07, 6.45) is 5.66. The van der Waals surface area contributed by atoms with Crippen LogP contribution in [0.3, 0.4) is 0 Å². The summed E-state index contributed by atoms with van der Waals surface area (Å²) in [5, 5.41) is 12.4. The Labute approximate surface area is 169 Å². The third-order valence-electron chi connectivity index (χ3n) is 4.20. The Kier molecular flexibility index (Phi) is 7.03. The van der Waals surface area contributed by atoms with Gasteiger partial charge in [0.2, 0.25) is 5.91 Å². The smallest absolute Gasteiger partial charge is 0.248 e. The number of hydrogen-bond donors (Lipinski definition) is 1. The number of amides is 1. The van der Waals surface area contributed by atoms with Crippen LogP contribution in [0.4, 0.5) is 5.69 Å². The molecule has 0 saturated carbocycles. The summed E-state index contributed by atoms with van der Waals surface area (Å²) < 4.78 is 2.01. The molecule has 0 atom stereocenters. The molecule has 1 heterocycles. The van der Waals surface area contributed by atoms with Crippen molar-refractivity contribution in [3.63, 3.8) is 0 Å². The molecule has 3 rings (SSSR count). The highest BCUT2D eigenvalue weighted by Gasteiger charge is 2.11. The van der Waals surface area contributed by atoms with Crippen molar-refractivity contribution < 1.29 is 4.79 Å². The number of anilines is 1. The van der Waals surface area contributed by atoms with Crippen LogP contribution in [0, 0.1) is 0 Å². The van der Waals surface area contributed by atoms with E-state index in [4.69, 9.17) is 0 Å². The number of nitrogens with one attached hydrogen (secondary N) is 1. The van der Waals surface area contributed by atoms with Crippen molar-refractivity contribution in [1.82, 2.24) is 14.8 Å². The monoisotopic (exact) mass is 392 g/mol. The Bertz CT molecular complexity index is 933. The van der Waals surface area contributed by atoms with Gasteiger partial charge in [-0.3, -0.25) is 4.79 Å². The quantitative estimate of drug-likeness (QED) is 0.332. The number of unbranched alkanes of at least 4 members (excludes halogenated alkanes) is 1. The summed E-state index contributed by atoms with van der Waals surface area (Å²) in [4.78, 5) is 12.1. The summed E-state index contributed by atoms with van der Waals surface area (Å²) in [5.41, 5.74) is 2.70. The Morgan fingerprint density at radius 2 is 1.86 bits per heavy atom. The fourth-order valence-corrected chi connectivity index (χ4v) is 3.62. The lowest BCUT2D eigenvalue weighted by Crippen LogP contribution is -2.07. The van der Waals surface area contributed by atoms with Gasteiger partial charge in [0.15, 0.2) is 11.0 Å². The van der Waals surface area contributed by atoms with E-state index in [2.05, 4.69) is 22.4 Å². The molecule has 0 saturated heterocycles. The summed E-state index contributed by atoms with van der Waals surface area (Å²) in [6.45, 7) is 2.18. The summed E-state index contributed by atoms with van der Waals surface area (Å²) in [7, 11) is 1.98. The Morgan fingerprint density at radius 1 is 1.11 bits per heavy atom. The van der Waals surface area contributed by atoms with E-state index in [0.717, 1.165) is 33.5 Å². The van der Waals surface area contributed by atoms with Gasteiger partial charge < -0.3 is 9.88 Å². The van der Waals surface area contributed by atoms with Crippen LogP contribution in [-0.4, -0.2) is 26.4 Å². The summed E-state index contributed by atoms with van der Waals surface area (Å²) in [5.74, 6) is 1.70. The Balaban J connectivity index is 1.62. The molecule has 0 aliphatic carbocycles. The normalized spacial score (nSPS) is 11.1. The Hall–Kier alpha value is -2.86. The first-order chi connectivity index (χ1) is 13.7. The van der Waals surface area contributed by atoms with Crippen molar-refractivity contribution in [3.8, 4) is 11.4 Å². The molecular weight excluding hydrogens is 368 g/mol. The number of thioether (sulfide) groups is 1. The molecule has 0 unspecified atom stereocenters. The van der Waals surface area contributed by atoms with E-state index in [9.17, 15) is 4.79 Å². The van der Waals surface area contributed by atoms with Crippen molar-refractivity contribution in [2.45, 2.75) is 24.9 Å². The molecule has 2 aromatic carbocycles. The molecule has 1 aromatic heterocycles. The zero-order chi connectivity index (χ0) is 19.8. The van der Waals surface area contributed by atoms with Crippen LogP contribution in [0.25, 0.3) is 17.5 Å². The number of carbonyl (C=O) groups is 1. The fraction of sp³-hybridized carbons (Fsp3) is 0.227. The second-order valence-electron chi connectivity index (χ2n) is 6.38. The second kappa shape index (κ2) is 9.90. The number of benzene rings is 2. The third kappa shape index (κ3) is 5.33. The minimum atomic E-state index is -0.162. The molecule has 0 bridgehead atoms. The molecular formula is C22H24N4OS. The molecule has 0 radical (unpaired) electrons. The van der Waals surface area contributed by atoms with Crippen molar-refractivity contribution >= 4 is 29.4 Å². The van der Waals surface area contributed by atoms with Crippen molar-refractivity contribution in [2.24, 2.45) is 7.05 Å². The highest BCUT2D eigenvalue weighted by molar-refractivity contribution is 7.99. The lowest BCUT2D eigenvalue weighted by molar-refractivity contribution is -0.111. The number of nitrogens with zero attached hydrogens (tertiary/aromatic N) is 3. The van der Waals surface area contributed by atoms with Crippen LogP contribution in [0.5, 0.6) is 0 Å². The van der Waals surface area contributed by atoms with E-state index in [0.29, 0.717) is 0 Å². The first-order valence-electron chi connectivity index (χ1n) is 9.34. The van der Waals surface area contributed by atoms with Crippen LogP contribution in [0.1, 0.15) is 25.3 Å². The average Bonchev–Trinajstić information content (AvgIpc) is 3.08. The molecule has 6 heteroatoms. The van der Waals surface area contributed by atoms with E-state index < -0.39 is 0 Å². The van der Waals surface area contributed by atoms with E-state index in [1.165, 1.54) is 18.9 Å². The van der Waals surface area contributed by atoms with Gasteiger partial charge in [0.05, 0.1) is 0 Å². The maximum Gasteiger partial charge on any atom is 0.248 e. The van der Waals surface area contributed by atoms with Gasteiger partial charge in [0.25, 0.3) is 0 Å². The molecule has 0 aliphatic heterocycles. The van der Waals surface area contributed by atoms with E-state index in [1.807, 2.05) is 66.2 Å². The molecule has 5 nitrogen and oxygen atoms in total. The van der Waals surface area contributed by atoms with E-state index >= 15 is 0 Å². The van der Waals surface area contributed by atoms with Gasteiger partial charge in [0.1, 0.15) is 0 Å². The fourth-order valence-electron chi connectivity index (χ4n) is 2.62. The number of rotatable bonds is 8. The van der Waals surface area contributed by atoms with Crippen LogP contribution < -0.4 is 5.32 Å².